The van der Waals surface area contributed by atoms with Crippen molar-refractivity contribution in [3.8, 4) is 23.0 Å². The molecule has 1 unspecified atom stereocenters. The van der Waals surface area contributed by atoms with Gasteiger partial charge in [-0.1, -0.05) is 51.1 Å². The molecule has 32 heavy (non-hydrogen) atoms. The lowest BCUT2D eigenvalue weighted by molar-refractivity contribution is 0.0940. The number of hydrogen-bond acceptors (Lipinski definition) is 6. The Balaban J connectivity index is 1.81. The van der Waals surface area contributed by atoms with Gasteiger partial charge in [0.05, 0.1) is 30.9 Å². The van der Waals surface area contributed by atoms with Crippen LogP contribution in [0.5, 0.6) is 11.5 Å². The van der Waals surface area contributed by atoms with E-state index in [0.717, 1.165) is 12.0 Å². The van der Waals surface area contributed by atoms with E-state index in [1.165, 1.54) is 0 Å². The molecular weight excluding hydrogens is 406 g/mol. The van der Waals surface area contributed by atoms with Crippen LogP contribution in [0.1, 0.15) is 68.8 Å². The van der Waals surface area contributed by atoms with Gasteiger partial charge in [0.15, 0.2) is 17.3 Å². The average molecular weight is 438 g/mol. The molecule has 0 bridgehead atoms. The van der Waals surface area contributed by atoms with Crippen molar-refractivity contribution in [2.45, 2.75) is 52.5 Å². The van der Waals surface area contributed by atoms with Crippen molar-refractivity contribution in [2.75, 3.05) is 13.7 Å². The maximum absolute atomic E-state index is 13.1. The van der Waals surface area contributed by atoms with Crippen molar-refractivity contribution in [1.82, 2.24) is 15.5 Å². The Morgan fingerprint density at radius 2 is 1.91 bits per heavy atom. The van der Waals surface area contributed by atoms with Gasteiger partial charge in [0, 0.05) is 5.41 Å². The molecule has 7 nitrogen and oxygen atoms in total. The molecule has 7 heteroatoms. The first-order valence-corrected chi connectivity index (χ1v) is 10.8. The van der Waals surface area contributed by atoms with Crippen LogP contribution in [0.3, 0.4) is 0 Å². The fourth-order valence-electron chi connectivity index (χ4n) is 3.15. The summed E-state index contributed by atoms with van der Waals surface area (Å²) in [7, 11) is 1.60. The highest BCUT2D eigenvalue weighted by atomic mass is 16.5. The zero-order chi connectivity index (χ0) is 23.3. The summed E-state index contributed by atoms with van der Waals surface area (Å²) < 4.78 is 16.6. The Kier molecular flexibility index (Phi) is 7.18. The molecule has 0 saturated heterocycles. The van der Waals surface area contributed by atoms with Gasteiger partial charge in [-0.15, -0.1) is 0 Å². The van der Waals surface area contributed by atoms with E-state index in [1.807, 2.05) is 64.1 Å². The van der Waals surface area contributed by atoms with E-state index >= 15 is 0 Å². The van der Waals surface area contributed by atoms with Gasteiger partial charge in [0.1, 0.15) is 0 Å². The van der Waals surface area contributed by atoms with E-state index in [-0.39, 0.29) is 17.4 Å². The molecule has 0 aliphatic heterocycles. The summed E-state index contributed by atoms with van der Waals surface area (Å²) in [5.41, 5.74) is 1.73. The largest absolute Gasteiger partial charge is 0.493 e. The van der Waals surface area contributed by atoms with Crippen molar-refractivity contribution in [1.29, 1.82) is 0 Å². The number of hydrogen-bond donors (Lipinski definition) is 1. The molecule has 1 amide bonds. The zero-order valence-corrected chi connectivity index (χ0v) is 19.6. The van der Waals surface area contributed by atoms with Crippen molar-refractivity contribution in [3.63, 3.8) is 0 Å². The van der Waals surface area contributed by atoms with E-state index < -0.39 is 0 Å². The molecule has 0 aliphatic carbocycles. The molecule has 170 valence electrons. The van der Waals surface area contributed by atoms with Crippen LogP contribution in [-0.4, -0.2) is 29.8 Å². The second-order valence-electron chi connectivity index (χ2n) is 8.67. The molecular formula is C25H31N3O4. The van der Waals surface area contributed by atoms with Crippen LogP contribution in [0.2, 0.25) is 0 Å². The normalized spacial score (nSPS) is 12.3. The summed E-state index contributed by atoms with van der Waals surface area (Å²) in [5.74, 6) is 2.01. The van der Waals surface area contributed by atoms with Crippen LogP contribution < -0.4 is 14.8 Å². The van der Waals surface area contributed by atoms with E-state index in [0.29, 0.717) is 40.9 Å². The Morgan fingerprint density at radius 3 is 2.56 bits per heavy atom. The number of aromatic nitrogens is 2. The maximum Gasteiger partial charge on any atom is 0.258 e. The van der Waals surface area contributed by atoms with Crippen LogP contribution in [0.4, 0.5) is 0 Å². The van der Waals surface area contributed by atoms with Crippen LogP contribution in [0, 0.1) is 0 Å². The van der Waals surface area contributed by atoms with Crippen molar-refractivity contribution < 1.29 is 18.8 Å². The zero-order valence-electron chi connectivity index (χ0n) is 19.6. The van der Waals surface area contributed by atoms with Crippen LogP contribution in [-0.2, 0) is 5.41 Å². The Labute approximate surface area is 189 Å². The summed E-state index contributed by atoms with van der Waals surface area (Å²) >= 11 is 0. The molecule has 1 aromatic heterocycles. The predicted octanol–water partition coefficient (Wildman–Crippen LogP) is 5.32. The molecule has 1 N–H and O–H groups in total. The molecule has 2 aromatic carbocycles. The van der Waals surface area contributed by atoms with Crippen LogP contribution in [0.25, 0.3) is 11.5 Å². The summed E-state index contributed by atoms with van der Waals surface area (Å²) in [6.45, 7) is 10.6. The fraction of sp³-hybridized carbons (Fsp3) is 0.400. The number of carbonyl (C=O) groups excluding carboxylic acids is 1. The summed E-state index contributed by atoms with van der Waals surface area (Å²) in [5, 5.41) is 7.13. The minimum absolute atomic E-state index is 0.228. The predicted molar refractivity (Wildman–Crippen MR) is 123 cm³/mol. The van der Waals surface area contributed by atoms with Gasteiger partial charge in [-0.3, -0.25) is 4.79 Å². The van der Waals surface area contributed by atoms with E-state index in [9.17, 15) is 4.79 Å². The minimum atomic E-state index is -0.252. The Morgan fingerprint density at radius 1 is 1.16 bits per heavy atom. The monoisotopic (exact) mass is 437 g/mol. The van der Waals surface area contributed by atoms with E-state index in [4.69, 9.17) is 14.0 Å². The SMILES string of the molecule is CCCOc1ccc(C(C)NC(=O)c2ccccc2-c2nc(C(C)(C)C)no2)cc1OC. The molecule has 0 fully saturated rings. The molecule has 0 saturated carbocycles. The first kappa shape index (κ1) is 23.3. The molecule has 3 aromatic rings. The lowest BCUT2D eigenvalue weighted by Crippen LogP contribution is -2.27. The molecule has 1 atom stereocenters. The number of nitrogens with one attached hydrogen (secondary N) is 1. The van der Waals surface area contributed by atoms with E-state index in [1.54, 1.807) is 13.2 Å². The maximum atomic E-state index is 13.1. The number of ether oxygens (including phenoxy) is 2. The topological polar surface area (TPSA) is 86.5 Å². The molecule has 3 rings (SSSR count). The van der Waals surface area contributed by atoms with Crippen molar-refractivity contribution in [2.24, 2.45) is 0 Å². The number of nitrogens with zero attached hydrogens (tertiary/aromatic N) is 2. The summed E-state index contributed by atoms with van der Waals surface area (Å²) in [6, 6.07) is 12.6. The summed E-state index contributed by atoms with van der Waals surface area (Å²) in [6.07, 6.45) is 0.911. The highest BCUT2D eigenvalue weighted by Gasteiger charge is 2.24. The highest BCUT2D eigenvalue weighted by molar-refractivity contribution is 6.00. The average Bonchev–Trinajstić information content (AvgIpc) is 3.28. The van der Waals surface area contributed by atoms with Gasteiger partial charge in [0.25, 0.3) is 11.8 Å². The van der Waals surface area contributed by atoms with Crippen molar-refractivity contribution >= 4 is 5.91 Å². The van der Waals surface area contributed by atoms with Gasteiger partial charge in [-0.25, -0.2) is 0 Å². The quantitative estimate of drug-likeness (QED) is 0.513. The molecule has 1 heterocycles. The fourth-order valence-corrected chi connectivity index (χ4v) is 3.15. The number of methoxy groups -OCH3 is 1. The molecule has 0 spiro atoms. The molecule has 0 radical (unpaired) electrons. The number of carbonyl (C=O) groups is 1. The van der Waals surface area contributed by atoms with Gasteiger partial charge in [-0.2, -0.15) is 4.98 Å². The van der Waals surface area contributed by atoms with Gasteiger partial charge in [0.2, 0.25) is 0 Å². The molecule has 0 aliphatic rings. The van der Waals surface area contributed by atoms with Gasteiger partial charge >= 0.3 is 0 Å². The van der Waals surface area contributed by atoms with Gasteiger partial charge in [-0.05, 0) is 43.2 Å². The third kappa shape index (κ3) is 5.28. The number of rotatable bonds is 8. The van der Waals surface area contributed by atoms with E-state index in [2.05, 4.69) is 22.4 Å². The van der Waals surface area contributed by atoms with Crippen LogP contribution >= 0.6 is 0 Å². The second-order valence-corrected chi connectivity index (χ2v) is 8.67. The summed E-state index contributed by atoms with van der Waals surface area (Å²) in [4.78, 5) is 17.6. The Bertz CT molecular complexity index is 1070. The van der Waals surface area contributed by atoms with Gasteiger partial charge < -0.3 is 19.3 Å². The first-order valence-electron chi connectivity index (χ1n) is 10.8. The lowest BCUT2D eigenvalue weighted by Gasteiger charge is -2.18. The number of amides is 1. The van der Waals surface area contributed by atoms with Crippen molar-refractivity contribution in [3.05, 3.63) is 59.4 Å². The highest BCUT2D eigenvalue weighted by Crippen LogP contribution is 2.31. The minimum Gasteiger partial charge on any atom is -0.493 e. The third-order valence-electron chi connectivity index (χ3n) is 5.00. The lowest BCUT2D eigenvalue weighted by atomic mass is 9.96. The third-order valence-corrected chi connectivity index (χ3v) is 5.00. The first-order chi connectivity index (χ1) is 15.2. The second kappa shape index (κ2) is 9.85. The smallest absolute Gasteiger partial charge is 0.258 e. The number of benzene rings is 2. The Hall–Kier alpha value is -3.35. The van der Waals surface area contributed by atoms with Crippen LogP contribution in [0.15, 0.2) is 47.0 Å². The standard InChI is InChI=1S/C25H31N3O4/c1-7-14-31-20-13-12-17(15-21(20)30-6)16(2)26-22(29)18-10-8-9-11-19(18)23-27-24(28-32-23)25(3,4)5/h8-13,15-16H,7,14H2,1-6H3,(H,26,29).